The molecule has 0 atom stereocenters. The highest BCUT2D eigenvalue weighted by molar-refractivity contribution is 6.05. The zero-order valence-corrected chi connectivity index (χ0v) is 9.51. The summed E-state index contributed by atoms with van der Waals surface area (Å²) in [6, 6.07) is 10.2. The molecule has 0 bridgehead atoms. The molecule has 3 heterocycles. The SMILES string of the molecule is c1cnc2ccc3cc(-c4ncc[nH]4)[nH]c3c2c1. The van der Waals surface area contributed by atoms with E-state index in [1.807, 2.05) is 24.5 Å². The monoisotopic (exact) mass is 234 g/mol. The molecule has 0 saturated carbocycles. The lowest BCUT2D eigenvalue weighted by molar-refractivity contribution is 1.27. The highest BCUT2D eigenvalue weighted by Gasteiger charge is 2.07. The van der Waals surface area contributed by atoms with Crippen LogP contribution in [0.2, 0.25) is 0 Å². The number of imidazole rings is 1. The molecule has 4 aromatic rings. The Morgan fingerprint density at radius 3 is 2.89 bits per heavy atom. The summed E-state index contributed by atoms with van der Waals surface area (Å²) in [5.74, 6) is 0.850. The van der Waals surface area contributed by atoms with Crippen LogP contribution in [0.1, 0.15) is 0 Å². The van der Waals surface area contributed by atoms with Gasteiger partial charge in [0, 0.05) is 29.4 Å². The lowest BCUT2D eigenvalue weighted by Gasteiger charge is -1.97. The number of fused-ring (bicyclic) bond motifs is 3. The maximum Gasteiger partial charge on any atom is 0.153 e. The van der Waals surface area contributed by atoms with Gasteiger partial charge in [0.2, 0.25) is 0 Å². The fourth-order valence-electron chi connectivity index (χ4n) is 2.30. The van der Waals surface area contributed by atoms with E-state index in [9.17, 15) is 0 Å². The summed E-state index contributed by atoms with van der Waals surface area (Å²) in [6.45, 7) is 0. The molecule has 0 unspecified atom stereocenters. The molecule has 18 heavy (non-hydrogen) atoms. The lowest BCUT2D eigenvalue weighted by atomic mass is 10.1. The molecule has 4 heteroatoms. The van der Waals surface area contributed by atoms with Crippen LogP contribution in [-0.2, 0) is 0 Å². The standard InChI is InChI=1S/C14H10N4/c1-2-10-11(15-5-1)4-3-9-8-12(18-13(9)10)14-16-6-7-17-14/h1-8,18H,(H,16,17). The zero-order chi connectivity index (χ0) is 11.9. The van der Waals surface area contributed by atoms with Gasteiger partial charge in [-0.25, -0.2) is 4.98 Å². The number of pyridine rings is 1. The van der Waals surface area contributed by atoms with Gasteiger partial charge in [-0.1, -0.05) is 6.07 Å². The Morgan fingerprint density at radius 2 is 2.00 bits per heavy atom. The first-order valence-corrected chi connectivity index (χ1v) is 5.78. The largest absolute Gasteiger partial charge is 0.351 e. The molecule has 3 aromatic heterocycles. The van der Waals surface area contributed by atoms with E-state index in [0.29, 0.717) is 0 Å². The molecule has 0 spiro atoms. The number of rotatable bonds is 1. The summed E-state index contributed by atoms with van der Waals surface area (Å²) in [4.78, 5) is 15.1. The predicted molar refractivity (Wildman–Crippen MR) is 71.2 cm³/mol. The topological polar surface area (TPSA) is 57.4 Å². The second-order valence-electron chi connectivity index (χ2n) is 4.22. The third-order valence-corrected chi connectivity index (χ3v) is 3.13. The van der Waals surface area contributed by atoms with E-state index in [0.717, 1.165) is 27.9 Å². The average Bonchev–Trinajstić information content (AvgIpc) is 3.07. The van der Waals surface area contributed by atoms with E-state index in [-0.39, 0.29) is 0 Å². The van der Waals surface area contributed by atoms with Gasteiger partial charge in [-0.05, 0) is 24.3 Å². The maximum absolute atomic E-state index is 4.36. The molecular formula is C14H10N4. The van der Waals surface area contributed by atoms with E-state index in [1.54, 1.807) is 6.20 Å². The Labute approximate surface area is 103 Å². The minimum Gasteiger partial charge on any atom is -0.351 e. The number of benzene rings is 1. The number of hydrogen-bond donors (Lipinski definition) is 2. The molecule has 0 amide bonds. The van der Waals surface area contributed by atoms with Crippen molar-refractivity contribution in [3.63, 3.8) is 0 Å². The smallest absolute Gasteiger partial charge is 0.153 e. The lowest BCUT2D eigenvalue weighted by Crippen LogP contribution is -1.80. The molecule has 1 aromatic carbocycles. The quantitative estimate of drug-likeness (QED) is 0.531. The van der Waals surface area contributed by atoms with Gasteiger partial charge in [-0.15, -0.1) is 0 Å². The first-order chi connectivity index (χ1) is 8.92. The third kappa shape index (κ3) is 1.26. The van der Waals surface area contributed by atoms with Crippen molar-refractivity contribution in [1.82, 2.24) is 19.9 Å². The van der Waals surface area contributed by atoms with E-state index < -0.39 is 0 Å². The first-order valence-electron chi connectivity index (χ1n) is 5.78. The number of nitrogens with one attached hydrogen (secondary N) is 2. The van der Waals surface area contributed by atoms with Crippen LogP contribution in [0.15, 0.2) is 48.9 Å². The van der Waals surface area contributed by atoms with Crippen molar-refractivity contribution in [2.45, 2.75) is 0 Å². The molecule has 0 aliphatic heterocycles. The average molecular weight is 234 g/mol. The van der Waals surface area contributed by atoms with Gasteiger partial charge in [0.1, 0.15) is 0 Å². The van der Waals surface area contributed by atoms with Crippen LogP contribution in [0.3, 0.4) is 0 Å². The first kappa shape index (κ1) is 9.41. The van der Waals surface area contributed by atoms with Gasteiger partial charge >= 0.3 is 0 Å². The highest BCUT2D eigenvalue weighted by atomic mass is 14.9. The van der Waals surface area contributed by atoms with E-state index >= 15 is 0 Å². The van der Waals surface area contributed by atoms with Crippen molar-refractivity contribution < 1.29 is 0 Å². The van der Waals surface area contributed by atoms with Crippen LogP contribution in [0, 0.1) is 0 Å². The van der Waals surface area contributed by atoms with Gasteiger partial charge in [0.15, 0.2) is 5.82 Å². The van der Waals surface area contributed by atoms with Crippen LogP contribution in [0.4, 0.5) is 0 Å². The summed E-state index contributed by atoms with van der Waals surface area (Å²) in [5.41, 5.74) is 3.09. The summed E-state index contributed by atoms with van der Waals surface area (Å²) >= 11 is 0. The van der Waals surface area contributed by atoms with Crippen LogP contribution in [0.25, 0.3) is 33.3 Å². The number of hydrogen-bond acceptors (Lipinski definition) is 2. The minimum atomic E-state index is 0.850. The van der Waals surface area contributed by atoms with Gasteiger partial charge in [-0.3, -0.25) is 4.98 Å². The van der Waals surface area contributed by atoms with Crippen molar-refractivity contribution in [2.75, 3.05) is 0 Å². The summed E-state index contributed by atoms with van der Waals surface area (Å²) in [7, 11) is 0. The zero-order valence-electron chi connectivity index (χ0n) is 9.51. The fraction of sp³-hybridized carbons (Fsp3) is 0. The molecule has 0 radical (unpaired) electrons. The molecule has 0 aliphatic rings. The number of H-pyrrole nitrogens is 2. The van der Waals surface area contributed by atoms with Crippen molar-refractivity contribution in [1.29, 1.82) is 0 Å². The van der Waals surface area contributed by atoms with Gasteiger partial charge in [0.05, 0.1) is 16.7 Å². The van der Waals surface area contributed by atoms with Crippen LogP contribution in [-0.4, -0.2) is 19.9 Å². The van der Waals surface area contributed by atoms with Crippen molar-refractivity contribution in [3.05, 3.63) is 48.9 Å². The van der Waals surface area contributed by atoms with Gasteiger partial charge < -0.3 is 9.97 Å². The Kier molecular flexibility index (Phi) is 1.80. The summed E-state index contributed by atoms with van der Waals surface area (Å²) < 4.78 is 0. The summed E-state index contributed by atoms with van der Waals surface area (Å²) in [6.07, 6.45) is 5.38. The third-order valence-electron chi connectivity index (χ3n) is 3.13. The second kappa shape index (κ2) is 3.43. The second-order valence-corrected chi connectivity index (χ2v) is 4.22. The van der Waals surface area contributed by atoms with E-state index in [2.05, 4.69) is 38.1 Å². The van der Waals surface area contributed by atoms with E-state index in [4.69, 9.17) is 0 Å². The Balaban J connectivity index is 2.08. The normalized spacial score (nSPS) is 11.3. The Morgan fingerprint density at radius 1 is 1.00 bits per heavy atom. The van der Waals surface area contributed by atoms with Crippen molar-refractivity contribution >= 4 is 21.8 Å². The minimum absolute atomic E-state index is 0.850. The van der Waals surface area contributed by atoms with Crippen LogP contribution < -0.4 is 0 Å². The highest BCUT2D eigenvalue weighted by Crippen LogP contribution is 2.27. The fourth-order valence-corrected chi connectivity index (χ4v) is 2.30. The molecule has 0 aliphatic carbocycles. The van der Waals surface area contributed by atoms with Crippen LogP contribution >= 0.6 is 0 Å². The molecule has 0 fully saturated rings. The van der Waals surface area contributed by atoms with Gasteiger partial charge in [0.25, 0.3) is 0 Å². The summed E-state index contributed by atoms with van der Waals surface area (Å²) in [5, 5.41) is 2.30. The Hall–Kier alpha value is -2.62. The molecule has 0 saturated heterocycles. The van der Waals surface area contributed by atoms with E-state index in [1.165, 1.54) is 5.39 Å². The number of aromatic amines is 2. The molecule has 86 valence electrons. The number of nitrogens with zero attached hydrogens (tertiary/aromatic N) is 2. The molecule has 4 rings (SSSR count). The molecule has 4 nitrogen and oxygen atoms in total. The van der Waals surface area contributed by atoms with Crippen molar-refractivity contribution in [3.8, 4) is 11.5 Å². The molecular weight excluding hydrogens is 224 g/mol. The molecule has 2 N–H and O–H groups in total. The van der Waals surface area contributed by atoms with Gasteiger partial charge in [-0.2, -0.15) is 0 Å². The Bertz CT molecular complexity index is 827. The van der Waals surface area contributed by atoms with Crippen molar-refractivity contribution in [2.24, 2.45) is 0 Å². The van der Waals surface area contributed by atoms with Crippen LogP contribution in [0.5, 0.6) is 0 Å². The number of aromatic nitrogens is 4. The predicted octanol–water partition coefficient (Wildman–Crippen LogP) is 3.11. The maximum atomic E-state index is 4.36.